The summed E-state index contributed by atoms with van der Waals surface area (Å²) in [6, 6.07) is 7.96. The van der Waals surface area contributed by atoms with Crippen LogP contribution in [0.4, 0.5) is 4.79 Å². The lowest BCUT2D eigenvalue weighted by molar-refractivity contribution is 0.188. The molecule has 0 bridgehead atoms. The summed E-state index contributed by atoms with van der Waals surface area (Å²) in [6.07, 6.45) is 3.69. The Labute approximate surface area is 130 Å². The zero-order valence-electron chi connectivity index (χ0n) is 11.3. The summed E-state index contributed by atoms with van der Waals surface area (Å²) >= 11 is 3.42. The van der Waals surface area contributed by atoms with Crippen molar-refractivity contribution in [3.63, 3.8) is 0 Å². The normalized spacial score (nSPS) is 21.4. The number of carboxylic acid groups (broad SMARTS) is 1. The van der Waals surface area contributed by atoms with Crippen molar-refractivity contribution in [1.82, 2.24) is 15.3 Å². The van der Waals surface area contributed by atoms with Crippen LogP contribution in [0, 0.1) is 0 Å². The van der Waals surface area contributed by atoms with Crippen molar-refractivity contribution in [3.8, 4) is 11.3 Å². The van der Waals surface area contributed by atoms with E-state index in [4.69, 9.17) is 5.11 Å². The van der Waals surface area contributed by atoms with E-state index in [2.05, 4.69) is 31.2 Å². The third-order valence-corrected chi connectivity index (χ3v) is 4.46. The first kappa shape index (κ1) is 14.1. The minimum Gasteiger partial charge on any atom is -0.465 e. The average molecular weight is 350 g/mol. The van der Waals surface area contributed by atoms with Crippen molar-refractivity contribution in [2.45, 2.75) is 31.2 Å². The van der Waals surface area contributed by atoms with Gasteiger partial charge in [0.05, 0.1) is 11.9 Å². The standard InChI is InChI=1S/C15H16BrN3O2/c16-10-6-4-9(5-7-10)13-8-17-14(18-13)11-2-1-3-12(11)19-15(20)21/h4-8,11-12,19H,1-3H2,(H,17,18)(H,20,21)/t11-,12-/m1/s1. The van der Waals surface area contributed by atoms with E-state index in [0.717, 1.165) is 40.8 Å². The highest BCUT2D eigenvalue weighted by Gasteiger charge is 2.31. The maximum atomic E-state index is 10.8. The van der Waals surface area contributed by atoms with Crippen molar-refractivity contribution in [1.29, 1.82) is 0 Å². The van der Waals surface area contributed by atoms with E-state index >= 15 is 0 Å². The Morgan fingerprint density at radius 3 is 2.81 bits per heavy atom. The van der Waals surface area contributed by atoms with Crippen molar-refractivity contribution in [3.05, 3.63) is 40.8 Å². The monoisotopic (exact) mass is 349 g/mol. The van der Waals surface area contributed by atoms with Gasteiger partial charge in [-0.15, -0.1) is 0 Å². The Kier molecular flexibility index (Phi) is 3.96. The number of nitrogens with one attached hydrogen (secondary N) is 2. The number of carbonyl (C=O) groups is 1. The zero-order valence-corrected chi connectivity index (χ0v) is 12.9. The number of halogens is 1. The Balaban J connectivity index is 1.81. The lowest BCUT2D eigenvalue weighted by Gasteiger charge is -2.17. The molecule has 2 aromatic rings. The molecule has 1 heterocycles. The van der Waals surface area contributed by atoms with Crippen LogP contribution in [0.3, 0.4) is 0 Å². The summed E-state index contributed by atoms with van der Waals surface area (Å²) in [5, 5.41) is 11.5. The van der Waals surface area contributed by atoms with Gasteiger partial charge in [-0.25, -0.2) is 9.78 Å². The minimum absolute atomic E-state index is 0.0496. The molecule has 2 atom stereocenters. The van der Waals surface area contributed by atoms with E-state index in [1.165, 1.54) is 0 Å². The molecule has 3 rings (SSSR count). The molecule has 1 aliphatic rings. The number of benzene rings is 1. The summed E-state index contributed by atoms with van der Waals surface area (Å²) in [4.78, 5) is 18.6. The number of amides is 1. The molecule has 110 valence electrons. The Morgan fingerprint density at radius 2 is 2.10 bits per heavy atom. The van der Waals surface area contributed by atoms with E-state index in [9.17, 15) is 4.79 Å². The predicted octanol–water partition coefficient (Wildman–Crippen LogP) is 3.74. The molecule has 0 aliphatic heterocycles. The Bertz CT molecular complexity index is 639. The number of hydrogen-bond acceptors (Lipinski definition) is 2. The first-order valence-electron chi connectivity index (χ1n) is 6.94. The molecular weight excluding hydrogens is 334 g/mol. The van der Waals surface area contributed by atoms with Gasteiger partial charge >= 0.3 is 6.09 Å². The molecule has 1 aromatic heterocycles. The molecule has 0 radical (unpaired) electrons. The fourth-order valence-electron chi connectivity index (χ4n) is 2.92. The third kappa shape index (κ3) is 3.10. The molecule has 1 saturated carbocycles. The van der Waals surface area contributed by atoms with Gasteiger partial charge in [0.25, 0.3) is 0 Å². The van der Waals surface area contributed by atoms with Crippen LogP contribution >= 0.6 is 15.9 Å². The van der Waals surface area contributed by atoms with Crippen LogP contribution in [0.1, 0.15) is 31.0 Å². The minimum atomic E-state index is -0.966. The summed E-state index contributed by atoms with van der Waals surface area (Å²) in [5.41, 5.74) is 2.02. The molecule has 1 aliphatic carbocycles. The smallest absolute Gasteiger partial charge is 0.404 e. The topological polar surface area (TPSA) is 78.0 Å². The van der Waals surface area contributed by atoms with Gasteiger partial charge in [0.2, 0.25) is 0 Å². The van der Waals surface area contributed by atoms with Gasteiger partial charge in [0, 0.05) is 16.4 Å². The van der Waals surface area contributed by atoms with E-state index in [0.29, 0.717) is 0 Å². The Hall–Kier alpha value is -1.82. The van der Waals surface area contributed by atoms with E-state index in [1.807, 2.05) is 30.5 Å². The van der Waals surface area contributed by atoms with Crippen LogP contribution in [0.2, 0.25) is 0 Å². The first-order valence-corrected chi connectivity index (χ1v) is 7.73. The van der Waals surface area contributed by atoms with Gasteiger partial charge in [-0.2, -0.15) is 0 Å². The summed E-state index contributed by atoms with van der Waals surface area (Å²) < 4.78 is 1.03. The van der Waals surface area contributed by atoms with E-state index in [1.54, 1.807) is 0 Å². The van der Waals surface area contributed by atoms with Crippen LogP contribution in [0.25, 0.3) is 11.3 Å². The molecule has 5 nitrogen and oxygen atoms in total. The number of imidazole rings is 1. The molecule has 1 aromatic carbocycles. The number of rotatable bonds is 3. The molecule has 0 spiro atoms. The van der Waals surface area contributed by atoms with Gasteiger partial charge in [-0.3, -0.25) is 0 Å². The van der Waals surface area contributed by atoms with Crippen LogP contribution in [-0.2, 0) is 0 Å². The largest absolute Gasteiger partial charge is 0.465 e. The molecule has 1 fully saturated rings. The maximum Gasteiger partial charge on any atom is 0.404 e. The molecule has 0 unspecified atom stereocenters. The number of H-pyrrole nitrogens is 1. The molecule has 21 heavy (non-hydrogen) atoms. The molecule has 3 N–H and O–H groups in total. The van der Waals surface area contributed by atoms with Gasteiger partial charge in [-0.1, -0.05) is 34.5 Å². The second kappa shape index (κ2) is 5.89. The molecule has 6 heteroatoms. The molecule has 1 amide bonds. The SMILES string of the molecule is O=C(O)N[C@@H]1CCC[C@H]1c1ncc(-c2ccc(Br)cc2)[nH]1. The lowest BCUT2D eigenvalue weighted by Crippen LogP contribution is -2.35. The number of nitrogens with zero attached hydrogens (tertiary/aromatic N) is 1. The van der Waals surface area contributed by atoms with E-state index in [-0.39, 0.29) is 12.0 Å². The number of aromatic nitrogens is 2. The lowest BCUT2D eigenvalue weighted by atomic mass is 10.0. The van der Waals surface area contributed by atoms with Gasteiger partial charge in [-0.05, 0) is 30.5 Å². The first-order chi connectivity index (χ1) is 10.1. The molecular formula is C15H16BrN3O2. The van der Waals surface area contributed by atoms with Crippen molar-refractivity contribution in [2.75, 3.05) is 0 Å². The zero-order chi connectivity index (χ0) is 14.8. The third-order valence-electron chi connectivity index (χ3n) is 3.93. The van der Waals surface area contributed by atoms with E-state index < -0.39 is 6.09 Å². The highest BCUT2D eigenvalue weighted by molar-refractivity contribution is 9.10. The molecule has 0 saturated heterocycles. The van der Waals surface area contributed by atoms with Crippen LogP contribution in [0.15, 0.2) is 34.9 Å². The number of aromatic amines is 1. The van der Waals surface area contributed by atoms with Crippen LogP contribution in [-0.4, -0.2) is 27.2 Å². The van der Waals surface area contributed by atoms with Gasteiger partial charge in [0.15, 0.2) is 0 Å². The quantitative estimate of drug-likeness (QED) is 0.789. The highest BCUT2D eigenvalue weighted by Crippen LogP contribution is 2.34. The second-order valence-corrected chi connectivity index (χ2v) is 6.20. The second-order valence-electron chi connectivity index (χ2n) is 5.28. The summed E-state index contributed by atoms with van der Waals surface area (Å²) in [6.45, 7) is 0. The predicted molar refractivity (Wildman–Crippen MR) is 83.3 cm³/mol. The van der Waals surface area contributed by atoms with Crippen molar-refractivity contribution >= 4 is 22.0 Å². The summed E-state index contributed by atoms with van der Waals surface area (Å²) in [5.74, 6) is 0.995. The van der Waals surface area contributed by atoms with Gasteiger partial charge < -0.3 is 15.4 Å². The van der Waals surface area contributed by atoms with Crippen molar-refractivity contribution < 1.29 is 9.90 Å². The van der Waals surface area contributed by atoms with Crippen LogP contribution in [0.5, 0.6) is 0 Å². The highest BCUT2D eigenvalue weighted by atomic mass is 79.9. The fourth-order valence-corrected chi connectivity index (χ4v) is 3.18. The Morgan fingerprint density at radius 1 is 1.33 bits per heavy atom. The average Bonchev–Trinajstić information content (AvgIpc) is 3.07. The summed E-state index contributed by atoms with van der Waals surface area (Å²) in [7, 11) is 0. The van der Waals surface area contributed by atoms with Crippen LogP contribution < -0.4 is 5.32 Å². The van der Waals surface area contributed by atoms with Crippen molar-refractivity contribution in [2.24, 2.45) is 0 Å². The maximum absolute atomic E-state index is 10.8. The number of hydrogen-bond donors (Lipinski definition) is 3. The fraction of sp³-hybridized carbons (Fsp3) is 0.333. The van der Waals surface area contributed by atoms with Gasteiger partial charge in [0.1, 0.15) is 5.82 Å².